The molecule has 0 amide bonds. The van der Waals surface area contributed by atoms with E-state index in [2.05, 4.69) is 25.7 Å². The van der Waals surface area contributed by atoms with Gasteiger partial charge in [-0.1, -0.05) is 36.4 Å². The van der Waals surface area contributed by atoms with E-state index < -0.39 is 0 Å². The van der Waals surface area contributed by atoms with Crippen molar-refractivity contribution in [2.45, 2.75) is 0 Å². The van der Waals surface area contributed by atoms with Crippen LogP contribution in [0.4, 0.5) is 11.4 Å². The van der Waals surface area contributed by atoms with Crippen LogP contribution in [0.15, 0.2) is 60.7 Å². The first-order chi connectivity index (χ1) is 8.79. The third-order valence-electron chi connectivity index (χ3n) is 1.60. The second-order valence-corrected chi connectivity index (χ2v) is 2.82. The molecule has 0 bridgehead atoms. The lowest BCUT2D eigenvalue weighted by atomic mass is 10.3. The highest BCUT2D eigenvalue weighted by molar-refractivity contribution is 5.36. The molecule has 0 atom stereocenters. The van der Waals surface area contributed by atoms with Crippen LogP contribution >= 0.6 is 0 Å². The van der Waals surface area contributed by atoms with Gasteiger partial charge in [0.05, 0.1) is 0 Å². The van der Waals surface area contributed by atoms with Crippen molar-refractivity contribution in [3.8, 4) is 25.7 Å². The van der Waals surface area contributed by atoms with E-state index in [1.54, 1.807) is 0 Å². The Kier molecular flexibility index (Phi) is 13.8. The van der Waals surface area contributed by atoms with Crippen molar-refractivity contribution in [2.24, 2.45) is 0 Å². The number of terminal acetylenes is 2. The van der Waals surface area contributed by atoms with Gasteiger partial charge >= 0.3 is 0 Å². The molecule has 0 fully saturated rings. The minimum absolute atomic E-state index is 0.822. The van der Waals surface area contributed by atoms with Crippen molar-refractivity contribution in [3.05, 3.63) is 60.7 Å². The number of hydrogen-bond acceptors (Lipinski definition) is 2. The summed E-state index contributed by atoms with van der Waals surface area (Å²) < 4.78 is 0. The molecule has 2 aromatic carbocycles. The van der Waals surface area contributed by atoms with E-state index in [4.69, 9.17) is 11.5 Å². The maximum absolute atomic E-state index is 5.36. The Morgan fingerprint density at radius 1 is 0.500 bits per heavy atom. The van der Waals surface area contributed by atoms with Crippen molar-refractivity contribution in [1.29, 1.82) is 0 Å². The van der Waals surface area contributed by atoms with Crippen LogP contribution in [0.2, 0.25) is 0 Å². The van der Waals surface area contributed by atoms with E-state index in [-0.39, 0.29) is 0 Å². The topological polar surface area (TPSA) is 52.0 Å². The van der Waals surface area contributed by atoms with Gasteiger partial charge in [0.25, 0.3) is 0 Å². The maximum Gasteiger partial charge on any atom is 0.0313 e. The summed E-state index contributed by atoms with van der Waals surface area (Å²) in [4.78, 5) is 0. The van der Waals surface area contributed by atoms with Crippen molar-refractivity contribution in [1.82, 2.24) is 0 Å². The minimum atomic E-state index is 0.822. The zero-order chi connectivity index (χ0) is 14.2. The monoisotopic (exact) mass is 238 g/mol. The summed E-state index contributed by atoms with van der Waals surface area (Å²) >= 11 is 0. The van der Waals surface area contributed by atoms with Crippen molar-refractivity contribution < 1.29 is 0 Å². The molecule has 18 heavy (non-hydrogen) atoms. The Hall–Kier alpha value is -2.84. The molecule has 0 aliphatic rings. The smallest absolute Gasteiger partial charge is 0.0313 e. The van der Waals surface area contributed by atoms with Gasteiger partial charge in [0, 0.05) is 11.4 Å². The average molecular weight is 238 g/mol. The molecule has 0 aliphatic heterocycles. The van der Waals surface area contributed by atoms with Crippen LogP contribution < -0.4 is 11.5 Å². The molecule has 92 valence electrons. The SMILES string of the molecule is C#C.C#C.Nc1ccccc1.Nc1ccccc1. The molecule has 0 aliphatic carbocycles. The summed E-state index contributed by atoms with van der Waals surface area (Å²) in [5, 5.41) is 0. The van der Waals surface area contributed by atoms with Crippen LogP contribution in [0.3, 0.4) is 0 Å². The standard InChI is InChI=1S/2C6H7N.2C2H2/c2*7-6-4-2-1-3-5-6;2*1-2/h2*1-5H,7H2;2*1-2H. The van der Waals surface area contributed by atoms with Crippen LogP contribution in [0, 0.1) is 25.7 Å². The second-order valence-electron chi connectivity index (χ2n) is 2.82. The number of anilines is 2. The van der Waals surface area contributed by atoms with Gasteiger partial charge in [0.15, 0.2) is 0 Å². The van der Waals surface area contributed by atoms with Gasteiger partial charge in [-0.2, -0.15) is 0 Å². The Bertz CT molecular complexity index is 372. The summed E-state index contributed by atoms with van der Waals surface area (Å²) in [5.74, 6) is 0. The van der Waals surface area contributed by atoms with Gasteiger partial charge < -0.3 is 11.5 Å². The highest BCUT2D eigenvalue weighted by Crippen LogP contribution is 1.96. The van der Waals surface area contributed by atoms with E-state index in [0.29, 0.717) is 0 Å². The Balaban J connectivity index is 0. The fourth-order valence-corrected chi connectivity index (χ4v) is 0.906. The molecule has 2 nitrogen and oxygen atoms in total. The number of rotatable bonds is 0. The second kappa shape index (κ2) is 14.2. The Morgan fingerprint density at radius 2 is 0.722 bits per heavy atom. The highest BCUT2D eigenvalue weighted by atomic mass is 14.5. The van der Waals surface area contributed by atoms with E-state index in [1.807, 2.05) is 60.7 Å². The van der Waals surface area contributed by atoms with Gasteiger partial charge in [-0.25, -0.2) is 0 Å². The molecule has 2 aromatic rings. The average Bonchev–Trinajstić information content (AvgIpc) is 2.46. The molecule has 0 aromatic heterocycles. The van der Waals surface area contributed by atoms with Crippen LogP contribution in [0.5, 0.6) is 0 Å². The molecule has 0 heterocycles. The number of nitrogen functional groups attached to an aromatic ring is 2. The summed E-state index contributed by atoms with van der Waals surface area (Å²) in [5.41, 5.74) is 12.4. The summed E-state index contributed by atoms with van der Waals surface area (Å²) in [6, 6.07) is 19.0. The van der Waals surface area contributed by atoms with E-state index >= 15 is 0 Å². The maximum atomic E-state index is 5.36. The third kappa shape index (κ3) is 11.2. The molecule has 0 unspecified atom stereocenters. The van der Waals surface area contributed by atoms with Crippen molar-refractivity contribution in [2.75, 3.05) is 11.5 Å². The first-order valence-corrected chi connectivity index (χ1v) is 5.07. The van der Waals surface area contributed by atoms with Gasteiger partial charge in [0.2, 0.25) is 0 Å². The van der Waals surface area contributed by atoms with Crippen molar-refractivity contribution >= 4 is 11.4 Å². The predicted molar refractivity (Wildman–Crippen MR) is 81.5 cm³/mol. The van der Waals surface area contributed by atoms with Crippen molar-refractivity contribution in [3.63, 3.8) is 0 Å². The number of benzene rings is 2. The van der Waals surface area contributed by atoms with E-state index in [1.165, 1.54) is 0 Å². The quantitative estimate of drug-likeness (QED) is 0.547. The molecular weight excluding hydrogens is 220 g/mol. The molecular formula is C16H18N2. The van der Waals surface area contributed by atoms with Gasteiger partial charge in [-0.15, -0.1) is 25.7 Å². The molecule has 0 saturated heterocycles. The highest BCUT2D eigenvalue weighted by Gasteiger charge is 1.72. The lowest BCUT2D eigenvalue weighted by Gasteiger charge is -1.83. The molecule has 2 heteroatoms. The number of hydrogen-bond donors (Lipinski definition) is 2. The number of nitrogens with two attached hydrogens (primary N) is 2. The summed E-state index contributed by atoms with van der Waals surface area (Å²) in [6.45, 7) is 0. The normalized spacial score (nSPS) is 6.89. The van der Waals surface area contributed by atoms with Crippen LogP contribution in [0.25, 0.3) is 0 Å². The van der Waals surface area contributed by atoms with Crippen LogP contribution in [-0.2, 0) is 0 Å². The fourth-order valence-electron chi connectivity index (χ4n) is 0.906. The zero-order valence-corrected chi connectivity index (χ0v) is 10.2. The fraction of sp³-hybridized carbons (Fsp3) is 0. The predicted octanol–water partition coefficient (Wildman–Crippen LogP) is 3.04. The van der Waals surface area contributed by atoms with Crippen LogP contribution in [-0.4, -0.2) is 0 Å². The lowest BCUT2D eigenvalue weighted by Crippen LogP contribution is -1.79. The molecule has 2 rings (SSSR count). The lowest BCUT2D eigenvalue weighted by molar-refractivity contribution is 1.69. The third-order valence-corrected chi connectivity index (χ3v) is 1.60. The van der Waals surface area contributed by atoms with Gasteiger partial charge in [-0.05, 0) is 24.3 Å². The summed E-state index contributed by atoms with van der Waals surface area (Å²) in [6.07, 6.45) is 16.0. The van der Waals surface area contributed by atoms with E-state index in [9.17, 15) is 0 Å². The largest absolute Gasteiger partial charge is 0.399 e. The zero-order valence-electron chi connectivity index (χ0n) is 10.2. The molecule has 4 N–H and O–H groups in total. The number of para-hydroxylation sites is 2. The van der Waals surface area contributed by atoms with Gasteiger partial charge in [-0.3, -0.25) is 0 Å². The first kappa shape index (κ1) is 17.6. The Morgan fingerprint density at radius 3 is 0.833 bits per heavy atom. The molecule has 0 radical (unpaired) electrons. The molecule has 0 saturated carbocycles. The first-order valence-electron chi connectivity index (χ1n) is 5.07. The molecule has 0 spiro atoms. The van der Waals surface area contributed by atoms with Crippen LogP contribution in [0.1, 0.15) is 0 Å². The van der Waals surface area contributed by atoms with Gasteiger partial charge in [0.1, 0.15) is 0 Å². The summed E-state index contributed by atoms with van der Waals surface area (Å²) in [7, 11) is 0. The minimum Gasteiger partial charge on any atom is -0.399 e. The Labute approximate surface area is 110 Å². The van der Waals surface area contributed by atoms with E-state index in [0.717, 1.165) is 11.4 Å².